The standard InChI is InChI=1S/C58H87N21O19S/c1-6-29(4)48(57(97)66-22-44(84)79-10-7-8-40(79)56(96)76-39(24-80)55(95)74-36(14-32-19-63-27-70-32)53(93)75-37(15-41(60)81)51(91)67-23-46(87)88)78-58(98)47(28(2)3)77-43(83)21-65-50(90)35(13-31-18-62-26-69-31)73-52(92)34(9-11-99-5)72-54(94)38(16-45(85)86)71-42(82)20-64-49(89)33(59)12-30-17-61-25-68-30/h17-19,25-29,33-40,47-48,80H,6-16,20-24,59H2,1-5H3,(H2,60,81)(H,61,68)(H,62,69)(H,63,70)(H,64,89)(H,65,90)(H,66,97)(H,67,91)(H,71,82)(H,72,94)(H,73,92)(H,74,95)(H,75,93)(H,76,96)(H,77,83)(H,78,98)(H,85,86)(H,87,88)/t29-,33-,34-,35-,36-,37-,38-,39-,40-,47-,48-/m0/s1. The molecule has 0 unspecified atom stereocenters. The lowest BCUT2D eigenvalue weighted by Gasteiger charge is -2.29. The van der Waals surface area contributed by atoms with E-state index in [9.17, 15) is 86.9 Å². The first-order valence-corrected chi connectivity index (χ1v) is 32.6. The Morgan fingerprint density at radius 1 is 0.556 bits per heavy atom. The number of thioether (sulfide) groups is 1. The lowest BCUT2D eigenvalue weighted by Crippen LogP contribution is -2.60. The minimum Gasteiger partial charge on any atom is -0.481 e. The molecule has 4 heterocycles. The molecule has 40 nitrogen and oxygen atoms in total. The fraction of sp³-hybridized carbons (Fsp3) is 0.569. The van der Waals surface area contributed by atoms with Gasteiger partial charge in [-0.2, -0.15) is 11.8 Å². The van der Waals surface area contributed by atoms with Crippen LogP contribution in [0.5, 0.6) is 0 Å². The number of aromatic amines is 3. The third-order valence-corrected chi connectivity index (χ3v) is 15.9. The van der Waals surface area contributed by atoms with Gasteiger partial charge in [-0.1, -0.05) is 34.1 Å². The number of nitrogens with zero attached hydrogens (tertiary/aromatic N) is 4. The number of nitrogens with one attached hydrogen (secondary N) is 15. The Bertz CT molecular complexity index is 3280. The number of aliphatic hydroxyl groups is 1. The van der Waals surface area contributed by atoms with Crippen LogP contribution in [-0.2, 0) is 96.0 Å². The van der Waals surface area contributed by atoms with Crippen LogP contribution in [0.4, 0.5) is 0 Å². The second-order valence-electron chi connectivity index (χ2n) is 23.3. The molecule has 0 saturated carbocycles. The van der Waals surface area contributed by atoms with E-state index in [0.29, 0.717) is 17.8 Å². The first-order valence-electron chi connectivity index (χ1n) is 31.3. The van der Waals surface area contributed by atoms with Gasteiger partial charge < -0.3 is 110 Å². The topological polar surface area (TPSA) is 619 Å². The molecule has 4 rings (SSSR count). The van der Waals surface area contributed by atoms with Crippen molar-refractivity contribution in [2.75, 3.05) is 51.3 Å². The van der Waals surface area contributed by atoms with Gasteiger partial charge in [0.25, 0.3) is 0 Å². The van der Waals surface area contributed by atoms with Crippen molar-refractivity contribution in [3.8, 4) is 0 Å². The largest absolute Gasteiger partial charge is 0.481 e. The van der Waals surface area contributed by atoms with Gasteiger partial charge in [0.2, 0.25) is 82.7 Å². The molecule has 22 N–H and O–H groups in total. The summed E-state index contributed by atoms with van der Waals surface area (Å²) in [6.45, 7) is 2.50. The van der Waals surface area contributed by atoms with Crippen LogP contribution in [0.2, 0.25) is 0 Å². The molecule has 0 aliphatic carbocycles. The molecule has 0 bridgehead atoms. The number of aliphatic hydroxyl groups excluding tert-OH is 1. The van der Waals surface area contributed by atoms with Gasteiger partial charge in [0, 0.05) is 61.5 Å². The van der Waals surface area contributed by atoms with E-state index in [1.54, 1.807) is 34.0 Å². The van der Waals surface area contributed by atoms with Crippen molar-refractivity contribution in [3.05, 3.63) is 54.7 Å². The Morgan fingerprint density at radius 3 is 1.57 bits per heavy atom. The summed E-state index contributed by atoms with van der Waals surface area (Å²) >= 11 is 1.28. The van der Waals surface area contributed by atoms with Crippen molar-refractivity contribution >= 4 is 106 Å². The molecule has 0 spiro atoms. The predicted octanol–water partition coefficient (Wildman–Crippen LogP) is -8.57. The number of amides is 14. The molecule has 14 amide bonds. The van der Waals surface area contributed by atoms with E-state index in [0.717, 1.165) is 4.90 Å². The molecule has 0 aromatic carbocycles. The average Bonchev–Trinajstić information content (AvgIpc) is 1.81. The van der Waals surface area contributed by atoms with Crippen LogP contribution in [0.3, 0.4) is 0 Å². The number of hydrogen-bond acceptors (Lipinski definition) is 22. The van der Waals surface area contributed by atoms with Crippen LogP contribution in [0, 0.1) is 11.8 Å². The number of H-pyrrole nitrogens is 3. The highest BCUT2D eigenvalue weighted by molar-refractivity contribution is 7.98. The third kappa shape index (κ3) is 27.5. The smallest absolute Gasteiger partial charge is 0.322 e. The van der Waals surface area contributed by atoms with Gasteiger partial charge >= 0.3 is 11.9 Å². The number of carbonyl (C=O) groups is 16. The lowest BCUT2D eigenvalue weighted by atomic mass is 9.96. The molecule has 544 valence electrons. The molecular formula is C58H87N21O19S. The second-order valence-corrected chi connectivity index (χ2v) is 24.3. The first-order chi connectivity index (χ1) is 46.9. The lowest BCUT2D eigenvalue weighted by molar-refractivity contribution is -0.141. The molecule has 41 heteroatoms. The minimum absolute atomic E-state index is 0.0149. The summed E-state index contributed by atoms with van der Waals surface area (Å²) in [6, 6.07) is -14.6. The maximum absolute atomic E-state index is 14.0. The van der Waals surface area contributed by atoms with Gasteiger partial charge in [-0.05, 0) is 43.1 Å². The zero-order valence-electron chi connectivity index (χ0n) is 54.9. The van der Waals surface area contributed by atoms with Crippen molar-refractivity contribution < 1.29 is 92.0 Å². The quantitative estimate of drug-likeness (QED) is 0.0250. The van der Waals surface area contributed by atoms with Crippen molar-refractivity contribution in [1.29, 1.82) is 0 Å². The van der Waals surface area contributed by atoms with Gasteiger partial charge in [0.1, 0.15) is 60.9 Å². The summed E-state index contributed by atoms with van der Waals surface area (Å²) in [6.07, 6.45) is 8.17. The highest BCUT2D eigenvalue weighted by Gasteiger charge is 2.39. The molecule has 1 fully saturated rings. The zero-order valence-corrected chi connectivity index (χ0v) is 55.7. The number of imidazole rings is 3. The van der Waals surface area contributed by atoms with Crippen LogP contribution in [0.1, 0.15) is 83.3 Å². The normalized spacial score (nSPS) is 15.6. The van der Waals surface area contributed by atoms with E-state index in [2.05, 4.69) is 88.4 Å². The minimum atomic E-state index is -1.75. The van der Waals surface area contributed by atoms with Gasteiger partial charge in [-0.15, -0.1) is 0 Å². The number of primary amides is 1. The molecule has 11 atom stereocenters. The molecular weight excluding hydrogens is 1330 g/mol. The molecule has 1 aliphatic rings. The van der Waals surface area contributed by atoms with Gasteiger partial charge in [0.15, 0.2) is 0 Å². The summed E-state index contributed by atoms with van der Waals surface area (Å²) in [7, 11) is 0. The molecule has 0 radical (unpaired) electrons. The molecule has 3 aromatic heterocycles. The second kappa shape index (κ2) is 40.9. The SMILES string of the molecule is CC[C@H](C)[C@H](NC(=O)[C@@H](NC(=O)CNC(=O)[C@H](Cc1cnc[nH]1)NC(=O)[C@H](CCSC)NC(=O)[C@H](CC(=O)O)NC(=O)CNC(=O)[C@@H](N)Cc1cnc[nH]1)C(C)C)C(=O)NCC(=O)N1CCC[C@H]1C(=O)N[C@@H](CO)C(=O)N[C@@H](Cc1cnc[nH]1)C(=O)N[C@@H](CC(N)=O)C(=O)NCC(=O)O. The van der Waals surface area contributed by atoms with E-state index >= 15 is 0 Å². The number of carbonyl (C=O) groups excluding carboxylic acids is 14. The van der Waals surface area contributed by atoms with Gasteiger partial charge in [-0.3, -0.25) is 76.7 Å². The zero-order chi connectivity index (χ0) is 73.5. The number of nitrogens with two attached hydrogens (primary N) is 2. The fourth-order valence-corrected chi connectivity index (χ4v) is 10.2. The monoisotopic (exact) mass is 1410 g/mol. The van der Waals surface area contributed by atoms with E-state index in [1.807, 2.05) is 5.32 Å². The summed E-state index contributed by atoms with van der Waals surface area (Å²) in [5.41, 5.74) is 12.3. The number of carboxylic acids is 2. The number of rotatable bonds is 43. The molecule has 3 aromatic rings. The van der Waals surface area contributed by atoms with Crippen molar-refractivity contribution in [2.24, 2.45) is 23.3 Å². The van der Waals surface area contributed by atoms with E-state index < -0.39 is 213 Å². The van der Waals surface area contributed by atoms with Crippen LogP contribution in [-0.4, -0.2) is 257 Å². The molecule has 1 aliphatic heterocycles. The Balaban J connectivity index is 1.37. The van der Waals surface area contributed by atoms with Crippen LogP contribution >= 0.6 is 11.8 Å². The summed E-state index contributed by atoms with van der Waals surface area (Å²) in [5, 5.41) is 57.6. The number of carboxylic acid groups (broad SMARTS) is 2. The number of likely N-dealkylation sites (tertiary alicyclic amines) is 1. The average molecular weight is 1410 g/mol. The van der Waals surface area contributed by atoms with Crippen LogP contribution in [0.25, 0.3) is 0 Å². The van der Waals surface area contributed by atoms with Crippen molar-refractivity contribution in [3.63, 3.8) is 0 Å². The molecule has 99 heavy (non-hydrogen) atoms. The Morgan fingerprint density at radius 2 is 1.04 bits per heavy atom. The number of aliphatic carboxylic acids is 2. The Kier molecular flexibility index (Phi) is 33.4. The fourth-order valence-electron chi connectivity index (χ4n) is 9.76. The Hall–Kier alpha value is -10.6. The van der Waals surface area contributed by atoms with Gasteiger partial charge in [0.05, 0.1) is 64.1 Å². The Labute approximate surface area is 570 Å². The van der Waals surface area contributed by atoms with Crippen LogP contribution < -0.4 is 75.3 Å². The van der Waals surface area contributed by atoms with E-state index in [1.165, 1.54) is 49.3 Å². The van der Waals surface area contributed by atoms with E-state index in [4.69, 9.17) is 16.6 Å². The number of hydrogen-bond donors (Lipinski definition) is 20. The maximum Gasteiger partial charge on any atom is 0.322 e. The highest BCUT2D eigenvalue weighted by Crippen LogP contribution is 2.19. The maximum atomic E-state index is 14.0. The third-order valence-electron chi connectivity index (χ3n) is 15.3. The first kappa shape index (κ1) is 80.9. The van der Waals surface area contributed by atoms with E-state index in [-0.39, 0.29) is 56.5 Å². The number of aromatic nitrogens is 6. The van der Waals surface area contributed by atoms with Gasteiger partial charge in [-0.25, -0.2) is 15.0 Å². The predicted molar refractivity (Wildman–Crippen MR) is 345 cm³/mol. The summed E-state index contributed by atoms with van der Waals surface area (Å²) in [4.78, 5) is 232. The molecule has 1 saturated heterocycles. The van der Waals surface area contributed by atoms with Crippen molar-refractivity contribution in [2.45, 2.75) is 146 Å². The summed E-state index contributed by atoms with van der Waals surface area (Å²) in [5.74, 6) is -17.1. The van der Waals surface area contributed by atoms with Crippen molar-refractivity contribution in [1.82, 2.24) is 98.6 Å². The van der Waals surface area contributed by atoms with Crippen LogP contribution in [0.15, 0.2) is 37.6 Å². The summed E-state index contributed by atoms with van der Waals surface area (Å²) < 4.78 is 0. The highest BCUT2D eigenvalue weighted by atomic mass is 32.2.